The summed E-state index contributed by atoms with van der Waals surface area (Å²) in [5.41, 5.74) is 5.19. The summed E-state index contributed by atoms with van der Waals surface area (Å²) in [6.45, 7) is 1.77. The van der Waals surface area contributed by atoms with Crippen LogP contribution in [0, 0.1) is 0 Å². The average molecular weight is 472 g/mol. The Labute approximate surface area is 202 Å². The number of carbonyl (C=O) groups excluding carboxylic acids is 2. The Bertz CT molecular complexity index is 1370. The molecular formula is C27H22ClN3O3. The van der Waals surface area contributed by atoms with E-state index in [0.29, 0.717) is 28.6 Å². The van der Waals surface area contributed by atoms with Crippen molar-refractivity contribution in [3.63, 3.8) is 0 Å². The number of hydrogen-bond donors (Lipinski definition) is 2. The molecule has 0 heterocycles. The zero-order chi connectivity index (χ0) is 23.9. The summed E-state index contributed by atoms with van der Waals surface area (Å²) >= 11 is 5.97. The van der Waals surface area contributed by atoms with Gasteiger partial charge in [0.15, 0.2) is 0 Å². The summed E-state index contributed by atoms with van der Waals surface area (Å²) in [5.74, 6) is 0.0318. The Hall–Kier alpha value is -4.16. The molecule has 0 saturated carbocycles. The number of ether oxygens (including phenoxy) is 1. The van der Waals surface area contributed by atoms with Crippen LogP contribution in [-0.2, 0) is 11.4 Å². The number of fused-ring (bicyclic) bond motifs is 1. The molecule has 170 valence electrons. The van der Waals surface area contributed by atoms with Gasteiger partial charge >= 0.3 is 0 Å². The lowest BCUT2D eigenvalue weighted by atomic mass is 10.0. The van der Waals surface area contributed by atoms with Crippen LogP contribution in [0.25, 0.3) is 10.8 Å². The summed E-state index contributed by atoms with van der Waals surface area (Å²) in [7, 11) is 0. The lowest BCUT2D eigenvalue weighted by Gasteiger charge is -2.12. The van der Waals surface area contributed by atoms with Crippen LogP contribution in [-0.4, -0.2) is 18.0 Å². The normalized spacial score (nSPS) is 10.9. The second-order valence-electron chi connectivity index (χ2n) is 7.57. The second-order valence-corrected chi connectivity index (χ2v) is 8.01. The first-order chi connectivity index (χ1) is 16.5. The smallest absolute Gasteiger partial charge is 0.271 e. The molecule has 0 saturated heterocycles. The fourth-order valence-electron chi connectivity index (χ4n) is 3.44. The zero-order valence-corrected chi connectivity index (χ0v) is 19.2. The molecule has 0 bridgehead atoms. The highest BCUT2D eigenvalue weighted by Crippen LogP contribution is 2.27. The fraction of sp³-hybridized carbons (Fsp3) is 0.0741. The summed E-state index contributed by atoms with van der Waals surface area (Å²) in [4.78, 5) is 23.8. The summed E-state index contributed by atoms with van der Waals surface area (Å²) in [6.07, 6.45) is 1.58. The van der Waals surface area contributed by atoms with Crippen molar-refractivity contribution in [2.75, 3.05) is 5.32 Å². The standard InChI is InChI=1S/C27H22ClN3O3/c1-18(32)30-23-7-4-6-21(15-23)27(33)31-29-16-25-24-8-3-2-5-20(24)11-14-26(25)34-17-19-9-12-22(28)13-10-19/h2-16H,17H2,1H3,(H,30,32)(H,31,33). The predicted molar refractivity (Wildman–Crippen MR) is 136 cm³/mol. The van der Waals surface area contributed by atoms with Gasteiger partial charge in [0.05, 0.1) is 6.21 Å². The third kappa shape index (κ3) is 5.79. The number of anilines is 1. The molecule has 0 fully saturated rings. The largest absolute Gasteiger partial charge is 0.488 e. The topological polar surface area (TPSA) is 79.8 Å². The maximum absolute atomic E-state index is 12.6. The molecule has 2 N–H and O–H groups in total. The summed E-state index contributed by atoms with van der Waals surface area (Å²) in [6, 6.07) is 25.8. The van der Waals surface area contributed by atoms with Crippen molar-refractivity contribution in [3.05, 3.63) is 107 Å². The molecule has 0 aliphatic rings. The van der Waals surface area contributed by atoms with E-state index in [1.807, 2.05) is 60.7 Å². The molecule has 6 nitrogen and oxygen atoms in total. The van der Waals surface area contributed by atoms with Crippen molar-refractivity contribution in [2.45, 2.75) is 13.5 Å². The van der Waals surface area contributed by atoms with Gasteiger partial charge in [-0.15, -0.1) is 0 Å². The molecule has 0 aliphatic carbocycles. The first kappa shape index (κ1) is 23.0. The van der Waals surface area contributed by atoms with Gasteiger partial charge in [-0.25, -0.2) is 5.43 Å². The van der Waals surface area contributed by atoms with E-state index in [2.05, 4.69) is 15.8 Å². The summed E-state index contributed by atoms with van der Waals surface area (Å²) < 4.78 is 6.08. The van der Waals surface area contributed by atoms with Crippen LogP contribution >= 0.6 is 11.6 Å². The molecule has 34 heavy (non-hydrogen) atoms. The van der Waals surface area contributed by atoms with Crippen molar-refractivity contribution in [3.8, 4) is 5.75 Å². The maximum Gasteiger partial charge on any atom is 0.271 e. The molecule has 4 aromatic carbocycles. The average Bonchev–Trinajstić information content (AvgIpc) is 2.84. The van der Waals surface area contributed by atoms with Gasteiger partial charge in [-0.1, -0.05) is 60.1 Å². The first-order valence-corrected chi connectivity index (χ1v) is 11.0. The Kier molecular flexibility index (Phi) is 7.20. The SMILES string of the molecule is CC(=O)Nc1cccc(C(=O)NN=Cc2c(OCc3ccc(Cl)cc3)ccc3ccccc23)c1. The minimum Gasteiger partial charge on any atom is -0.488 e. The van der Waals surface area contributed by atoms with E-state index in [1.165, 1.54) is 6.92 Å². The fourth-order valence-corrected chi connectivity index (χ4v) is 3.56. The van der Waals surface area contributed by atoms with Crippen molar-refractivity contribution in [1.29, 1.82) is 0 Å². The molecule has 2 amide bonds. The molecule has 0 aliphatic heterocycles. The molecule has 0 radical (unpaired) electrons. The zero-order valence-electron chi connectivity index (χ0n) is 18.4. The maximum atomic E-state index is 12.6. The van der Waals surface area contributed by atoms with Crippen LogP contribution in [0.1, 0.15) is 28.4 Å². The monoisotopic (exact) mass is 471 g/mol. The molecule has 0 aromatic heterocycles. The van der Waals surface area contributed by atoms with E-state index in [1.54, 1.807) is 30.5 Å². The number of rotatable bonds is 7. The number of halogens is 1. The van der Waals surface area contributed by atoms with Crippen molar-refractivity contribution < 1.29 is 14.3 Å². The molecule has 4 rings (SSSR count). The van der Waals surface area contributed by atoms with Gasteiger partial charge in [0.25, 0.3) is 5.91 Å². The minimum absolute atomic E-state index is 0.210. The van der Waals surface area contributed by atoms with Crippen LogP contribution in [0.5, 0.6) is 5.75 Å². The van der Waals surface area contributed by atoms with Gasteiger partial charge in [-0.3, -0.25) is 9.59 Å². The third-order valence-corrected chi connectivity index (χ3v) is 5.30. The third-order valence-electron chi connectivity index (χ3n) is 5.04. The highest BCUT2D eigenvalue weighted by Gasteiger charge is 2.09. The predicted octanol–water partition coefficient (Wildman–Crippen LogP) is 5.79. The molecular weight excluding hydrogens is 450 g/mol. The molecule has 0 unspecified atom stereocenters. The highest BCUT2D eigenvalue weighted by atomic mass is 35.5. The number of nitrogens with one attached hydrogen (secondary N) is 2. The van der Waals surface area contributed by atoms with Gasteiger partial charge in [0, 0.05) is 28.8 Å². The number of hydrazone groups is 1. The van der Waals surface area contributed by atoms with Gasteiger partial charge in [-0.05, 0) is 52.7 Å². The van der Waals surface area contributed by atoms with E-state index in [0.717, 1.165) is 21.9 Å². The van der Waals surface area contributed by atoms with Gasteiger partial charge in [-0.2, -0.15) is 5.10 Å². The molecule has 4 aromatic rings. The number of nitrogens with zero attached hydrogens (tertiary/aromatic N) is 1. The van der Waals surface area contributed by atoms with E-state index in [-0.39, 0.29) is 5.91 Å². The second kappa shape index (κ2) is 10.6. The molecule has 0 spiro atoms. The van der Waals surface area contributed by atoms with Crippen LogP contribution < -0.4 is 15.5 Å². The van der Waals surface area contributed by atoms with E-state index in [4.69, 9.17) is 16.3 Å². The first-order valence-electron chi connectivity index (χ1n) is 10.6. The Morgan fingerprint density at radius 3 is 2.56 bits per heavy atom. The number of carbonyl (C=O) groups is 2. The molecule has 7 heteroatoms. The van der Waals surface area contributed by atoms with Crippen molar-refractivity contribution in [1.82, 2.24) is 5.43 Å². The summed E-state index contributed by atoms with van der Waals surface area (Å²) in [5, 5.41) is 9.47. The van der Waals surface area contributed by atoms with Crippen LogP contribution in [0.15, 0.2) is 90.0 Å². The number of hydrogen-bond acceptors (Lipinski definition) is 4. The van der Waals surface area contributed by atoms with E-state index < -0.39 is 5.91 Å². The Morgan fingerprint density at radius 1 is 0.971 bits per heavy atom. The Morgan fingerprint density at radius 2 is 1.76 bits per heavy atom. The molecule has 0 atom stereocenters. The van der Waals surface area contributed by atoms with Crippen LogP contribution in [0.4, 0.5) is 5.69 Å². The van der Waals surface area contributed by atoms with Crippen LogP contribution in [0.2, 0.25) is 5.02 Å². The van der Waals surface area contributed by atoms with Gasteiger partial charge in [0.2, 0.25) is 5.91 Å². The van der Waals surface area contributed by atoms with E-state index in [9.17, 15) is 9.59 Å². The lowest BCUT2D eigenvalue weighted by molar-refractivity contribution is -0.114. The van der Waals surface area contributed by atoms with Gasteiger partial charge in [0.1, 0.15) is 12.4 Å². The Balaban J connectivity index is 1.55. The van der Waals surface area contributed by atoms with E-state index >= 15 is 0 Å². The minimum atomic E-state index is -0.396. The lowest BCUT2D eigenvalue weighted by Crippen LogP contribution is -2.18. The number of amides is 2. The van der Waals surface area contributed by atoms with Crippen molar-refractivity contribution in [2.24, 2.45) is 5.10 Å². The van der Waals surface area contributed by atoms with Gasteiger partial charge < -0.3 is 10.1 Å². The number of benzene rings is 4. The quantitative estimate of drug-likeness (QED) is 0.264. The van der Waals surface area contributed by atoms with Crippen molar-refractivity contribution >= 4 is 46.1 Å². The highest BCUT2D eigenvalue weighted by molar-refractivity contribution is 6.30. The van der Waals surface area contributed by atoms with Crippen LogP contribution in [0.3, 0.4) is 0 Å².